The summed E-state index contributed by atoms with van der Waals surface area (Å²) in [6.07, 6.45) is 3.66. The molecule has 0 bridgehead atoms. The molecular formula is C15H18N4O2. The van der Waals surface area contributed by atoms with Gasteiger partial charge in [0, 0.05) is 6.61 Å². The maximum atomic E-state index is 12.0. The van der Waals surface area contributed by atoms with E-state index in [0.29, 0.717) is 13.2 Å². The molecule has 1 N–H and O–H groups in total. The van der Waals surface area contributed by atoms with Gasteiger partial charge in [0.1, 0.15) is 5.69 Å². The van der Waals surface area contributed by atoms with Crippen molar-refractivity contribution < 1.29 is 9.53 Å². The quantitative estimate of drug-likeness (QED) is 0.920. The maximum absolute atomic E-state index is 12.0. The summed E-state index contributed by atoms with van der Waals surface area (Å²) >= 11 is 0. The number of amides is 1. The Kier molecular flexibility index (Phi) is 4.25. The van der Waals surface area contributed by atoms with E-state index in [1.165, 1.54) is 0 Å². The lowest BCUT2D eigenvalue weighted by molar-refractivity contribution is -0.129. The van der Waals surface area contributed by atoms with Crippen molar-refractivity contribution in [3.8, 4) is 5.69 Å². The summed E-state index contributed by atoms with van der Waals surface area (Å²) in [5, 5.41) is 11.0. The number of nitrogens with zero attached hydrogens (tertiary/aromatic N) is 3. The average molecular weight is 286 g/mol. The van der Waals surface area contributed by atoms with E-state index in [2.05, 4.69) is 15.6 Å². The van der Waals surface area contributed by atoms with Crippen molar-refractivity contribution in [2.45, 2.75) is 19.4 Å². The molecule has 0 spiro atoms. The topological polar surface area (TPSA) is 69.0 Å². The third-order valence-corrected chi connectivity index (χ3v) is 3.54. The highest BCUT2D eigenvalue weighted by Gasteiger charge is 2.21. The first-order chi connectivity index (χ1) is 10.3. The molecule has 0 saturated carbocycles. The van der Waals surface area contributed by atoms with Crippen molar-refractivity contribution in [3.63, 3.8) is 0 Å². The summed E-state index contributed by atoms with van der Waals surface area (Å²) in [5.74, 6) is -0.00752. The molecule has 1 aliphatic heterocycles. The monoisotopic (exact) mass is 286 g/mol. The number of para-hydroxylation sites is 1. The second kappa shape index (κ2) is 6.49. The van der Waals surface area contributed by atoms with Crippen molar-refractivity contribution in [1.29, 1.82) is 0 Å². The molecule has 21 heavy (non-hydrogen) atoms. The standard InChI is InChI=1S/C15H18N4O2/c20-15(12-5-4-8-21-11-12)16-9-13-10-19(18-17-13)14-6-2-1-3-7-14/h1-3,6-7,10,12H,4-5,8-9,11H2,(H,16,20). The lowest BCUT2D eigenvalue weighted by Gasteiger charge is -2.20. The number of carbonyl (C=O) groups excluding carboxylic acids is 1. The van der Waals surface area contributed by atoms with Gasteiger partial charge in [0.25, 0.3) is 0 Å². The van der Waals surface area contributed by atoms with E-state index in [0.717, 1.165) is 30.8 Å². The molecule has 0 aliphatic carbocycles. The number of ether oxygens (including phenoxy) is 1. The van der Waals surface area contributed by atoms with Gasteiger partial charge in [-0.25, -0.2) is 4.68 Å². The minimum Gasteiger partial charge on any atom is -0.381 e. The molecule has 1 saturated heterocycles. The van der Waals surface area contributed by atoms with Gasteiger partial charge >= 0.3 is 0 Å². The van der Waals surface area contributed by atoms with Crippen LogP contribution in [0.15, 0.2) is 36.5 Å². The summed E-state index contributed by atoms with van der Waals surface area (Å²) in [6, 6.07) is 9.75. The number of hydrogen-bond acceptors (Lipinski definition) is 4. The zero-order valence-corrected chi connectivity index (χ0v) is 11.7. The normalized spacial score (nSPS) is 18.4. The summed E-state index contributed by atoms with van der Waals surface area (Å²) in [5.41, 5.74) is 1.69. The van der Waals surface area contributed by atoms with Gasteiger partial charge in [-0.05, 0) is 25.0 Å². The van der Waals surface area contributed by atoms with Gasteiger partial charge in [-0.3, -0.25) is 4.79 Å². The van der Waals surface area contributed by atoms with E-state index in [1.807, 2.05) is 36.5 Å². The minimum absolute atomic E-state index is 0.0314. The number of rotatable bonds is 4. The van der Waals surface area contributed by atoms with Crippen LogP contribution in [-0.2, 0) is 16.1 Å². The lowest BCUT2D eigenvalue weighted by atomic mass is 10.0. The summed E-state index contributed by atoms with van der Waals surface area (Å²) in [4.78, 5) is 12.0. The van der Waals surface area contributed by atoms with E-state index in [1.54, 1.807) is 4.68 Å². The van der Waals surface area contributed by atoms with Crippen LogP contribution in [0.2, 0.25) is 0 Å². The fraction of sp³-hybridized carbons (Fsp3) is 0.400. The van der Waals surface area contributed by atoms with Gasteiger partial charge in [-0.2, -0.15) is 0 Å². The van der Waals surface area contributed by atoms with Gasteiger partial charge < -0.3 is 10.1 Å². The minimum atomic E-state index is -0.0390. The molecule has 1 unspecified atom stereocenters. The van der Waals surface area contributed by atoms with Crippen LogP contribution in [0.5, 0.6) is 0 Å². The number of aromatic nitrogens is 3. The van der Waals surface area contributed by atoms with Gasteiger partial charge in [0.05, 0.1) is 31.0 Å². The lowest BCUT2D eigenvalue weighted by Crippen LogP contribution is -2.35. The summed E-state index contributed by atoms with van der Waals surface area (Å²) < 4.78 is 7.02. The predicted octanol–water partition coefficient (Wildman–Crippen LogP) is 1.31. The Morgan fingerprint density at radius 2 is 2.24 bits per heavy atom. The molecule has 1 aromatic carbocycles. The average Bonchev–Trinajstić information content (AvgIpc) is 3.03. The molecule has 1 aliphatic rings. The maximum Gasteiger partial charge on any atom is 0.225 e. The Bertz CT molecular complexity index is 591. The number of carbonyl (C=O) groups is 1. The van der Waals surface area contributed by atoms with E-state index in [-0.39, 0.29) is 11.8 Å². The van der Waals surface area contributed by atoms with Crippen LogP contribution in [0, 0.1) is 5.92 Å². The predicted molar refractivity (Wildman–Crippen MR) is 76.7 cm³/mol. The fourth-order valence-corrected chi connectivity index (χ4v) is 2.36. The Hall–Kier alpha value is -2.21. The van der Waals surface area contributed by atoms with Gasteiger partial charge in [0.15, 0.2) is 0 Å². The number of hydrogen-bond donors (Lipinski definition) is 1. The van der Waals surface area contributed by atoms with E-state index in [4.69, 9.17) is 4.74 Å². The molecule has 6 nitrogen and oxygen atoms in total. The van der Waals surface area contributed by atoms with Crippen molar-refractivity contribution in [2.75, 3.05) is 13.2 Å². The Morgan fingerprint density at radius 3 is 3.00 bits per heavy atom. The molecule has 1 amide bonds. The highest BCUT2D eigenvalue weighted by atomic mass is 16.5. The van der Waals surface area contributed by atoms with Crippen molar-refractivity contribution in [2.24, 2.45) is 5.92 Å². The van der Waals surface area contributed by atoms with Crippen molar-refractivity contribution in [1.82, 2.24) is 20.3 Å². The second-order valence-electron chi connectivity index (χ2n) is 5.12. The highest BCUT2D eigenvalue weighted by molar-refractivity contribution is 5.78. The van der Waals surface area contributed by atoms with E-state index >= 15 is 0 Å². The molecule has 1 atom stereocenters. The fourth-order valence-electron chi connectivity index (χ4n) is 2.36. The SMILES string of the molecule is O=C(NCc1cn(-c2ccccc2)nn1)C1CCCOC1. The highest BCUT2D eigenvalue weighted by Crippen LogP contribution is 2.13. The molecular weight excluding hydrogens is 268 g/mol. The van der Waals surface area contributed by atoms with Crippen LogP contribution in [0.4, 0.5) is 0 Å². The van der Waals surface area contributed by atoms with Gasteiger partial charge in [-0.1, -0.05) is 23.4 Å². The zero-order valence-electron chi connectivity index (χ0n) is 11.7. The van der Waals surface area contributed by atoms with Crippen LogP contribution < -0.4 is 5.32 Å². The van der Waals surface area contributed by atoms with E-state index < -0.39 is 0 Å². The molecule has 2 aromatic rings. The van der Waals surface area contributed by atoms with Crippen LogP contribution in [0.3, 0.4) is 0 Å². The van der Waals surface area contributed by atoms with Gasteiger partial charge in [0.2, 0.25) is 5.91 Å². The molecule has 3 rings (SSSR count). The molecule has 1 aromatic heterocycles. The third kappa shape index (κ3) is 3.46. The molecule has 0 radical (unpaired) electrons. The first-order valence-electron chi connectivity index (χ1n) is 7.15. The van der Waals surface area contributed by atoms with Gasteiger partial charge in [-0.15, -0.1) is 5.10 Å². The smallest absolute Gasteiger partial charge is 0.225 e. The third-order valence-electron chi connectivity index (χ3n) is 3.54. The molecule has 6 heteroatoms. The van der Waals surface area contributed by atoms with Crippen LogP contribution in [0.25, 0.3) is 5.69 Å². The van der Waals surface area contributed by atoms with Crippen LogP contribution in [0.1, 0.15) is 18.5 Å². The largest absolute Gasteiger partial charge is 0.381 e. The Labute approximate surface area is 123 Å². The first-order valence-corrected chi connectivity index (χ1v) is 7.15. The summed E-state index contributed by atoms with van der Waals surface area (Å²) in [7, 11) is 0. The molecule has 1 fully saturated rings. The van der Waals surface area contributed by atoms with Crippen LogP contribution >= 0.6 is 0 Å². The molecule has 110 valence electrons. The van der Waals surface area contributed by atoms with Crippen LogP contribution in [-0.4, -0.2) is 34.1 Å². The zero-order chi connectivity index (χ0) is 14.5. The van der Waals surface area contributed by atoms with Crippen molar-refractivity contribution >= 4 is 5.91 Å². The Morgan fingerprint density at radius 1 is 1.38 bits per heavy atom. The Balaban J connectivity index is 1.56. The van der Waals surface area contributed by atoms with E-state index in [9.17, 15) is 4.79 Å². The first kappa shape index (κ1) is 13.8. The molecule has 2 heterocycles. The number of nitrogens with one attached hydrogen (secondary N) is 1. The number of benzene rings is 1. The van der Waals surface area contributed by atoms with Crippen molar-refractivity contribution in [3.05, 3.63) is 42.2 Å². The second-order valence-corrected chi connectivity index (χ2v) is 5.12. The summed E-state index contributed by atoms with van der Waals surface area (Å²) in [6.45, 7) is 1.67.